The lowest BCUT2D eigenvalue weighted by Gasteiger charge is -2.21. The Balaban J connectivity index is 0.000000329. The van der Waals surface area contributed by atoms with Crippen LogP contribution in [0.25, 0.3) is 0 Å². The molecular formula is C22H29N3OS4. The molecule has 0 N–H and O–H groups in total. The molecule has 8 heteroatoms. The zero-order valence-corrected chi connectivity index (χ0v) is 21.5. The summed E-state index contributed by atoms with van der Waals surface area (Å²) in [6, 6.07) is 19.8. The molecule has 4 nitrogen and oxygen atoms in total. The van der Waals surface area contributed by atoms with Gasteiger partial charge in [0.1, 0.15) is 8.64 Å². The minimum atomic E-state index is -0.220. The van der Waals surface area contributed by atoms with Crippen molar-refractivity contribution in [2.24, 2.45) is 0 Å². The monoisotopic (exact) mass is 479 g/mol. The first-order valence-corrected chi connectivity index (χ1v) is 12.2. The van der Waals surface area contributed by atoms with Crippen LogP contribution in [-0.2, 0) is 4.79 Å². The number of hydrogen-bond donors (Lipinski definition) is 0. The molecule has 1 amide bonds. The van der Waals surface area contributed by atoms with Crippen LogP contribution in [0.4, 0.5) is 0 Å². The quantitative estimate of drug-likeness (QED) is 0.453. The molecule has 0 spiro atoms. The third-order valence-corrected chi connectivity index (χ3v) is 8.03. The average molecular weight is 480 g/mol. The van der Waals surface area contributed by atoms with Crippen molar-refractivity contribution in [3.05, 3.63) is 71.8 Å². The van der Waals surface area contributed by atoms with E-state index in [1.54, 1.807) is 19.0 Å². The smallest absolute Gasteiger partial charge is 0.234 e. The lowest BCUT2D eigenvalue weighted by Crippen LogP contribution is -2.28. The first-order chi connectivity index (χ1) is 14.1. The molecule has 0 radical (unpaired) electrons. The van der Waals surface area contributed by atoms with E-state index in [0.29, 0.717) is 0 Å². The van der Waals surface area contributed by atoms with E-state index in [-0.39, 0.29) is 11.8 Å². The molecule has 162 valence electrons. The van der Waals surface area contributed by atoms with Gasteiger partial charge in [0.25, 0.3) is 0 Å². The number of benzene rings is 2. The molecular weight excluding hydrogens is 451 g/mol. The number of likely N-dealkylation sites (N-methyl/N-ethyl adjacent to an activating group) is 1. The Morgan fingerprint density at radius 1 is 0.667 bits per heavy atom. The Bertz CT molecular complexity index is 752. The van der Waals surface area contributed by atoms with Crippen LogP contribution < -0.4 is 0 Å². The molecule has 0 saturated heterocycles. The van der Waals surface area contributed by atoms with Crippen molar-refractivity contribution in [3.8, 4) is 0 Å². The van der Waals surface area contributed by atoms with E-state index in [0.717, 1.165) is 19.8 Å². The first kappa shape index (κ1) is 26.4. The van der Waals surface area contributed by atoms with Gasteiger partial charge in [-0.1, -0.05) is 85.1 Å². The van der Waals surface area contributed by atoms with Crippen LogP contribution in [0.5, 0.6) is 0 Å². The van der Waals surface area contributed by atoms with Crippen LogP contribution in [0.3, 0.4) is 0 Å². The Kier molecular flexibility index (Phi) is 12.0. The fourth-order valence-corrected chi connectivity index (χ4v) is 4.62. The number of rotatable bonds is 3. The SMILES string of the molecule is CN(C)C(=O)C(c1ccccc1)c1ccccc1.CN(C)C(=S)SSC(=S)N(C)C. The Hall–Kier alpha value is -1.61. The van der Waals surface area contributed by atoms with E-state index in [1.807, 2.05) is 98.7 Å². The predicted molar refractivity (Wildman–Crippen MR) is 141 cm³/mol. The molecule has 0 fully saturated rings. The maximum absolute atomic E-state index is 12.4. The summed E-state index contributed by atoms with van der Waals surface area (Å²) in [6.07, 6.45) is 0. The number of hydrogen-bond acceptors (Lipinski definition) is 5. The first-order valence-electron chi connectivity index (χ1n) is 9.23. The van der Waals surface area contributed by atoms with Crippen molar-refractivity contribution in [2.45, 2.75) is 5.92 Å². The average Bonchev–Trinajstić information content (AvgIpc) is 2.73. The van der Waals surface area contributed by atoms with Crippen LogP contribution >= 0.6 is 46.0 Å². The normalized spacial score (nSPS) is 9.97. The van der Waals surface area contributed by atoms with E-state index >= 15 is 0 Å². The summed E-state index contributed by atoms with van der Waals surface area (Å²) in [7, 11) is 14.3. The maximum Gasteiger partial charge on any atom is 0.234 e. The van der Waals surface area contributed by atoms with E-state index in [9.17, 15) is 4.79 Å². The van der Waals surface area contributed by atoms with Gasteiger partial charge in [0.15, 0.2) is 0 Å². The largest absolute Gasteiger partial charge is 0.363 e. The van der Waals surface area contributed by atoms with E-state index < -0.39 is 0 Å². The van der Waals surface area contributed by atoms with Gasteiger partial charge >= 0.3 is 0 Å². The second-order valence-corrected chi connectivity index (χ2v) is 10.4. The fourth-order valence-electron chi connectivity index (χ4n) is 2.25. The van der Waals surface area contributed by atoms with E-state index in [2.05, 4.69) is 0 Å². The van der Waals surface area contributed by atoms with Crippen molar-refractivity contribution in [1.29, 1.82) is 0 Å². The minimum absolute atomic E-state index is 0.104. The minimum Gasteiger partial charge on any atom is -0.363 e. The summed E-state index contributed by atoms with van der Waals surface area (Å²) in [4.78, 5) is 17.8. The molecule has 0 saturated carbocycles. The molecule has 0 aliphatic heterocycles. The summed E-state index contributed by atoms with van der Waals surface area (Å²) in [5.74, 6) is -0.116. The third-order valence-electron chi connectivity index (χ3n) is 3.87. The fraction of sp³-hybridized carbons (Fsp3) is 0.318. The molecule has 0 aliphatic rings. The summed E-state index contributed by atoms with van der Waals surface area (Å²) >= 11 is 10.1. The molecule has 2 rings (SSSR count). The molecule has 0 aliphatic carbocycles. The van der Waals surface area contributed by atoms with Crippen molar-refractivity contribution in [2.75, 3.05) is 42.3 Å². The van der Waals surface area contributed by atoms with Crippen LogP contribution in [0.2, 0.25) is 0 Å². The van der Waals surface area contributed by atoms with Gasteiger partial charge in [0.05, 0.1) is 5.92 Å². The van der Waals surface area contributed by atoms with Crippen molar-refractivity contribution in [1.82, 2.24) is 14.7 Å². The Morgan fingerprint density at radius 3 is 1.27 bits per heavy atom. The standard InChI is InChI=1S/C16H17NO.C6H12N2S4/c1-17(2)16(18)15(13-9-5-3-6-10-13)14-11-7-4-8-12-14;1-7(2)5(9)11-12-6(10)8(3)4/h3-12,15H,1-2H3;1-4H3. The Morgan fingerprint density at radius 2 is 1.00 bits per heavy atom. The molecule has 0 heterocycles. The van der Waals surface area contributed by atoms with E-state index in [1.165, 1.54) is 21.6 Å². The van der Waals surface area contributed by atoms with Gasteiger partial charge in [-0.2, -0.15) is 0 Å². The van der Waals surface area contributed by atoms with Crippen LogP contribution in [0.1, 0.15) is 17.0 Å². The zero-order valence-electron chi connectivity index (χ0n) is 18.2. The molecule has 30 heavy (non-hydrogen) atoms. The topological polar surface area (TPSA) is 26.8 Å². The van der Waals surface area contributed by atoms with E-state index in [4.69, 9.17) is 24.4 Å². The molecule has 0 aromatic heterocycles. The van der Waals surface area contributed by atoms with Gasteiger partial charge in [-0.05, 0) is 32.7 Å². The lowest BCUT2D eigenvalue weighted by molar-refractivity contribution is -0.129. The molecule has 2 aromatic rings. The number of amides is 1. The highest BCUT2D eigenvalue weighted by atomic mass is 33.1. The van der Waals surface area contributed by atoms with Crippen LogP contribution in [-0.4, -0.2) is 71.5 Å². The zero-order chi connectivity index (χ0) is 22.7. The molecule has 0 unspecified atom stereocenters. The van der Waals surface area contributed by atoms with Crippen molar-refractivity contribution >= 4 is 60.6 Å². The highest BCUT2D eigenvalue weighted by molar-refractivity contribution is 8.89. The van der Waals surface area contributed by atoms with Crippen molar-refractivity contribution in [3.63, 3.8) is 0 Å². The number of carbonyl (C=O) groups excluding carboxylic acids is 1. The van der Waals surface area contributed by atoms with Gasteiger partial charge in [0.2, 0.25) is 5.91 Å². The van der Waals surface area contributed by atoms with Gasteiger partial charge < -0.3 is 14.7 Å². The van der Waals surface area contributed by atoms with Gasteiger partial charge in [0, 0.05) is 42.3 Å². The highest BCUT2D eigenvalue weighted by Crippen LogP contribution is 2.27. The lowest BCUT2D eigenvalue weighted by atomic mass is 9.90. The van der Waals surface area contributed by atoms with Gasteiger partial charge in [-0.3, -0.25) is 4.79 Å². The van der Waals surface area contributed by atoms with Crippen LogP contribution in [0, 0.1) is 0 Å². The number of carbonyl (C=O) groups is 1. The second-order valence-electron chi connectivity index (χ2n) is 6.97. The van der Waals surface area contributed by atoms with Crippen LogP contribution in [0.15, 0.2) is 60.7 Å². The summed E-state index contributed by atoms with van der Waals surface area (Å²) in [5.41, 5.74) is 2.06. The Labute approximate surface area is 199 Å². The molecule has 0 atom stereocenters. The molecule has 0 bridgehead atoms. The summed E-state index contributed by atoms with van der Waals surface area (Å²) in [6.45, 7) is 0. The third kappa shape index (κ3) is 9.04. The summed E-state index contributed by atoms with van der Waals surface area (Å²) in [5, 5.41) is 0. The van der Waals surface area contributed by atoms with Crippen molar-refractivity contribution < 1.29 is 4.79 Å². The maximum atomic E-state index is 12.4. The highest BCUT2D eigenvalue weighted by Gasteiger charge is 2.23. The predicted octanol–water partition coefficient (Wildman–Crippen LogP) is 4.97. The number of thiocarbonyl (C=S) groups is 2. The summed E-state index contributed by atoms with van der Waals surface area (Å²) < 4.78 is 1.67. The van der Waals surface area contributed by atoms with Gasteiger partial charge in [-0.15, -0.1) is 0 Å². The number of nitrogens with zero attached hydrogens (tertiary/aromatic N) is 3. The second kappa shape index (κ2) is 13.6. The molecule has 2 aromatic carbocycles. The van der Waals surface area contributed by atoms with Gasteiger partial charge in [-0.25, -0.2) is 0 Å².